The van der Waals surface area contributed by atoms with Gasteiger partial charge in [0.05, 0.1) is 6.42 Å². The zero-order chi connectivity index (χ0) is 23.1. The van der Waals surface area contributed by atoms with E-state index in [4.69, 9.17) is 9.84 Å². The summed E-state index contributed by atoms with van der Waals surface area (Å²) in [4.78, 5) is 36.8. The highest BCUT2D eigenvalue weighted by molar-refractivity contribution is 5.93. The number of nitrogens with one attached hydrogen (secondary N) is 1. The number of carbonyl (C=O) groups excluding carboxylic acids is 2. The van der Waals surface area contributed by atoms with Crippen LogP contribution >= 0.6 is 0 Å². The highest BCUT2D eigenvalue weighted by atomic mass is 16.5. The number of amides is 2. The summed E-state index contributed by atoms with van der Waals surface area (Å²) in [6.45, 7) is 4.37. The van der Waals surface area contributed by atoms with Gasteiger partial charge in [-0.15, -0.1) is 0 Å². The molecule has 0 heterocycles. The zero-order valence-electron chi connectivity index (χ0n) is 18.3. The molecule has 2 aromatic rings. The van der Waals surface area contributed by atoms with Crippen molar-refractivity contribution in [2.24, 2.45) is 0 Å². The Morgan fingerprint density at radius 3 is 2.22 bits per heavy atom. The van der Waals surface area contributed by atoms with Gasteiger partial charge in [0.2, 0.25) is 5.91 Å². The van der Waals surface area contributed by atoms with Gasteiger partial charge in [0.1, 0.15) is 6.61 Å². The van der Waals surface area contributed by atoms with Crippen LogP contribution < -0.4 is 5.32 Å². The number of aliphatic carboxylic acids is 1. The fraction of sp³-hybridized carbons (Fsp3) is 0.320. The van der Waals surface area contributed by atoms with Gasteiger partial charge in [-0.25, -0.2) is 4.79 Å². The Hall–Kier alpha value is -3.61. The standard InChI is InChI=1S/C25H28N2O5/c1-3-27(15-13-23(28)29)24(30)17(2)12-14-26-25(31)32-16-22-20-10-6-4-8-18(20)19-9-5-7-11-21(19)22/h4-12,22H,3,13-16H2,1-2H3,(H,26,31)(H,28,29)/b17-12+. The van der Waals surface area contributed by atoms with E-state index < -0.39 is 12.1 Å². The van der Waals surface area contributed by atoms with Gasteiger partial charge >= 0.3 is 12.1 Å². The van der Waals surface area contributed by atoms with Crippen molar-refractivity contribution in [1.82, 2.24) is 10.2 Å². The van der Waals surface area contributed by atoms with Gasteiger partial charge in [0.15, 0.2) is 0 Å². The fourth-order valence-corrected chi connectivity index (χ4v) is 3.91. The molecule has 7 heteroatoms. The maximum Gasteiger partial charge on any atom is 0.407 e. The third kappa shape index (κ3) is 5.35. The normalized spacial score (nSPS) is 12.6. The molecule has 0 unspecified atom stereocenters. The number of nitrogens with zero attached hydrogens (tertiary/aromatic N) is 1. The Bertz CT molecular complexity index is 985. The lowest BCUT2D eigenvalue weighted by Gasteiger charge is -2.20. The molecule has 0 aromatic heterocycles. The molecular formula is C25H28N2O5. The second-order valence-electron chi connectivity index (χ2n) is 7.62. The van der Waals surface area contributed by atoms with Crippen LogP contribution in [-0.2, 0) is 14.3 Å². The first-order valence-corrected chi connectivity index (χ1v) is 10.7. The second kappa shape index (κ2) is 10.6. The average Bonchev–Trinajstić information content (AvgIpc) is 3.11. The van der Waals surface area contributed by atoms with Crippen LogP contribution in [0.1, 0.15) is 37.3 Å². The maximum absolute atomic E-state index is 12.4. The van der Waals surface area contributed by atoms with Gasteiger partial charge in [-0.1, -0.05) is 54.6 Å². The minimum Gasteiger partial charge on any atom is -0.481 e. The first kappa shape index (κ1) is 23.1. The van der Waals surface area contributed by atoms with E-state index in [2.05, 4.69) is 29.6 Å². The molecule has 0 radical (unpaired) electrons. The fourth-order valence-electron chi connectivity index (χ4n) is 3.91. The zero-order valence-corrected chi connectivity index (χ0v) is 18.3. The third-order valence-electron chi connectivity index (χ3n) is 5.60. The molecule has 0 aliphatic heterocycles. The van der Waals surface area contributed by atoms with Crippen LogP contribution in [-0.4, -0.2) is 54.2 Å². The van der Waals surface area contributed by atoms with Crippen molar-refractivity contribution < 1.29 is 24.2 Å². The topological polar surface area (TPSA) is 95.9 Å². The molecule has 0 bridgehead atoms. The molecular weight excluding hydrogens is 408 g/mol. The van der Waals surface area contributed by atoms with E-state index in [1.54, 1.807) is 19.9 Å². The Balaban J connectivity index is 1.52. The van der Waals surface area contributed by atoms with E-state index in [1.165, 1.54) is 4.90 Å². The lowest BCUT2D eigenvalue weighted by molar-refractivity contribution is -0.138. The summed E-state index contributed by atoms with van der Waals surface area (Å²) in [5, 5.41) is 11.4. The Morgan fingerprint density at radius 2 is 1.66 bits per heavy atom. The van der Waals surface area contributed by atoms with Crippen molar-refractivity contribution in [3.63, 3.8) is 0 Å². The molecule has 7 nitrogen and oxygen atoms in total. The predicted molar refractivity (Wildman–Crippen MR) is 121 cm³/mol. The van der Waals surface area contributed by atoms with Crippen molar-refractivity contribution in [2.45, 2.75) is 26.2 Å². The van der Waals surface area contributed by atoms with Crippen LogP contribution in [0.25, 0.3) is 11.1 Å². The number of hydrogen-bond donors (Lipinski definition) is 2. The molecule has 1 aliphatic rings. The van der Waals surface area contributed by atoms with Gasteiger partial charge in [0, 0.05) is 31.1 Å². The number of fused-ring (bicyclic) bond motifs is 3. The highest BCUT2D eigenvalue weighted by Crippen LogP contribution is 2.44. The SMILES string of the molecule is CCN(CCC(=O)O)C(=O)/C(C)=C/CNC(=O)OCC1c2ccccc2-c2ccccc21. The van der Waals surface area contributed by atoms with E-state index in [0.717, 1.165) is 22.3 Å². The Kier molecular flexibility index (Phi) is 7.65. The number of alkyl carbamates (subject to hydrolysis) is 1. The second-order valence-corrected chi connectivity index (χ2v) is 7.62. The van der Waals surface area contributed by atoms with E-state index in [9.17, 15) is 14.4 Å². The molecule has 32 heavy (non-hydrogen) atoms. The van der Waals surface area contributed by atoms with E-state index in [1.807, 2.05) is 24.3 Å². The first-order chi connectivity index (χ1) is 15.4. The average molecular weight is 437 g/mol. The number of ether oxygens (including phenoxy) is 1. The van der Waals surface area contributed by atoms with Gasteiger partial charge in [-0.3, -0.25) is 9.59 Å². The largest absolute Gasteiger partial charge is 0.481 e. The van der Waals surface area contributed by atoms with Gasteiger partial charge < -0.3 is 20.1 Å². The molecule has 0 fully saturated rings. The van der Waals surface area contributed by atoms with Crippen molar-refractivity contribution in [3.05, 3.63) is 71.3 Å². The van der Waals surface area contributed by atoms with Gasteiger partial charge in [-0.05, 0) is 36.1 Å². The smallest absolute Gasteiger partial charge is 0.407 e. The third-order valence-corrected chi connectivity index (χ3v) is 5.60. The van der Waals surface area contributed by atoms with Crippen molar-refractivity contribution >= 4 is 18.0 Å². The van der Waals surface area contributed by atoms with E-state index in [0.29, 0.717) is 12.1 Å². The molecule has 2 N–H and O–H groups in total. The van der Waals surface area contributed by atoms with Crippen LogP contribution in [0.5, 0.6) is 0 Å². The van der Waals surface area contributed by atoms with Crippen molar-refractivity contribution in [1.29, 1.82) is 0 Å². The number of rotatable bonds is 9. The maximum atomic E-state index is 12.4. The molecule has 3 rings (SSSR count). The first-order valence-electron chi connectivity index (χ1n) is 10.7. The van der Waals surface area contributed by atoms with Gasteiger partial charge in [-0.2, -0.15) is 0 Å². The summed E-state index contributed by atoms with van der Waals surface area (Å²) in [7, 11) is 0. The summed E-state index contributed by atoms with van der Waals surface area (Å²) in [6, 6.07) is 16.2. The molecule has 2 aromatic carbocycles. The van der Waals surface area contributed by atoms with Crippen LogP contribution in [0, 0.1) is 0 Å². The lowest BCUT2D eigenvalue weighted by atomic mass is 9.98. The summed E-state index contributed by atoms with van der Waals surface area (Å²) < 4.78 is 5.48. The van der Waals surface area contributed by atoms with Crippen LogP contribution in [0.15, 0.2) is 60.2 Å². The minimum absolute atomic E-state index is 0.0145. The van der Waals surface area contributed by atoms with Crippen molar-refractivity contribution in [3.8, 4) is 11.1 Å². The Labute approximate surface area is 187 Å². The number of carboxylic acid groups (broad SMARTS) is 1. The lowest BCUT2D eigenvalue weighted by Crippen LogP contribution is -2.34. The van der Waals surface area contributed by atoms with Crippen LogP contribution in [0.3, 0.4) is 0 Å². The molecule has 0 saturated carbocycles. The molecule has 0 saturated heterocycles. The minimum atomic E-state index is -0.949. The predicted octanol–water partition coefficient (Wildman–Crippen LogP) is 3.79. The van der Waals surface area contributed by atoms with E-state index in [-0.39, 0.29) is 37.9 Å². The monoisotopic (exact) mass is 436 g/mol. The Morgan fingerprint density at radius 1 is 1.06 bits per heavy atom. The molecule has 0 atom stereocenters. The summed E-state index contributed by atoms with van der Waals surface area (Å²) in [6.07, 6.45) is 0.944. The number of carboxylic acids is 1. The quantitative estimate of drug-likeness (QED) is 0.583. The number of likely N-dealkylation sites (N-methyl/N-ethyl adjacent to an activating group) is 1. The summed E-state index contributed by atoms with van der Waals surface area (Å²) >= 11 is 0. The molecule has 1 aliphatic carbocycles. The number of benzene rings is 2. The number of carbonyl (C=O) groups is 3. The molecule has 168 valence electrons. The summed E-state index contributed by atoms with van der Waals surface area (Å²) in [5.41, 5.74) is 5.05. The molecule has 2 amide bonds. The number of hydrogen-bond acceptors (Lipinski definition) is 4. The molecule has 0 spiro atoms. The van der Waals surface area contributed by atoms with Crippen LogP contribution in [0.4, 0.5) is 4.79 Å². The highest BCUT2D eigenvalue weighted by Gasteiger charge is 2.28. The van der Waals surface area contributed by atoms with Crippen molar-refractivity contribution in [2.75, 3.05) is 26.2 Å². The van der Waals surface area contributed by atoms with Gasteiger partial charge in [0.25, 0.3) is 0 Å². The van der Waals surface area contributed by atoms with Crippen LogP contribution in [0.2, 0.25) is 0 Å². The van der Waals surface area contributed by atoms with E-state index >= 15 is 0 Å². The summed E-state index contributed by atoms with van der Waals surface area (Å²) in [5.74, 6) is -1.21.